The molecular weight excluding hydrogens is 238 g/mol. The highest BCUT2D eigenvalue weighted by molar-refractivity contribution is 5.82. The number of carbonyl (C=O) groups excluding carboxylic acids is 1. The molecule has 0 N–H and O–H groups in total. The monoisotopic (exact) mass is 255 g/mol. The van der Waals surface area contributed by atoms with E-state index in [1.165, 1.54) is 0 Å². The summed E-state index contributed by atoms with van der Waals surface area (Å²) in [4.78, 5) is 11.7. The van der Waals surface area contributed by atoms with Gasteiger partial charge in [-0.15, -0.1) is 0 Å². The number of hydrogen-bond donors (Lipinski definition) is 0. The van der Waals surface area contributed by atoms with Gasteiger partial charge in [0.25, 0.3) is 0 Å². The highest BCUT2D eigenvalue weighted by Gasteiger charge is 2.24. The third-order valence-corrected chi connectivity index (χ3v) is 3.58. The van der Waals surface area contributed by atoms with Gasteiger partial charge >= 0.3 is 0 Å². The molecule has 1 atom stereocenters. The zero-order valence-electron chi connectivity index (χ0n) is 11.0. The number of fused-ring (bicyclic) bond motifs is 1. The number of ketones is 1. The third kappa shape index (κ3) is 2.41. The van der Waals surface area contributed by atoms with Crippen LogP contribution in [0, 0.1) is 0 Å². The molecule has 1 aliphatic rings. The first kappa shape index (κ1) is 12.0. The van der Waals surface area contributed by atoms with Crippen molar-refractivity contribution in [1.29, 1.82) is 0 Å². The number of Topliss-reactive ketones (excluding diaryl/α,β-unsaturated/α-hetero) is 1. The summed E-state index contributed by atoms with van der Waals surface area (Å²) in [6, 6.07) is 12.3. The van der Waals surface area contributed by atoms with Crippen LogP contribution in [0.1, 0.15) is 30.6 Å². The molecule has 1 aromatic heterocycles. The fraction of sp³-hybridized carbons (Fsp3) is 0.312. The van der Waals surface area contributed by atoms with Gasteiger partial charge in [-0.05, 0) is 18.6 Å². The average molecular weight is 255 g/mol. The minimum absolute atomic E-state index is 0.241. The molecule has 0 saturated carbocycles. The molecule has 19 heavy (non-hydrogen) atoms. The van der Waals surface area contributed by atoms with Crippen molar-refractivity contribution in [3.05, 3.63) is 53.9 Å². The molecule has 1 aliphatic heterocycles. The summed E-state index contributed by atoms with van der Waals surface area (Å²) in [6.07, 6.45) is 3.13. The van der Waals surface area contributed by atoms with Gasteiger partial charge in [0.2, 0.25) is 0 Å². The van der Waals surface area contributed by atoms with Gasteiger partial charge in [-0.2, -0.15) is 0 Å². The zero-order chi connectivity index (χ0) is 13.2. The number of nitrogens with zero attached hydrogens (tertiary/aromatic N) is 1. The largest absolute Gasteiger partial charge is 0.487 e. The van der Waals surface area contributed by atoms with Crippen molar-refractivity contribution in [2.45, 2.75) is 32.4 Å². The van der Waals surface area contributed by atoms with Crippen LogP contribution in [0.2, 0.25) is 0 Å². The lowest BCUT2D eigenvalue weighted by atomic mass is 10.0. The Balaban J connectivity index is 1.78. The molecule has 2 heterocycles. The van der Waals surface area contributed by atoms with Crippen LogP contribution in [-0.4, -0.2) is 10.4 Å². The van der Waals surface area contributed by atoms with E-state index in [2.05, 4.69) is 11.5 Å². The zero-order valence-corrected chi connectivity index (χ0v) is 11.0. The molecule has 2 aromatic rings. The van der Waals surface area contributed by atoms with Crippen molar-refractivity contribution in [3.63, 3.8) is 0 Å². The average Bonchev–Trinajstić information content (AvgIpc) is 2.81. The van der Waals surface area contributed by atoms with E-state index in [4.69, 9.17) is 4.74 Å². The molecule has 0 aliphatic carbocycles. The number of rotatable bonds is 3. The molecule has 3 heteroatoms. The lowest BCUT2D eigenvalue weighted by Crippen LogP contribution is -2.22. The Kier molecular flexibility index (Phi) is 3.11. The van der Waals surface area contributed by atoms with Gasteiger partial charge < -0.3 is 9.30 Å². The molecule has 98 valence electrons. The normalized spacial score (nSPS) is 18.2. The van der Waals surface area contributed by atoms with E-state index < -0.39 is 0 Å². The predicted octanol–water partition coefficient (Wildman–Crippen LogP) is 3.14. The van der Waals surface area contributed by atoms with Gasteiger partial charge in [0.1, 0.15) is 18.1 Å². The first-order valence-corrected chi connectivity index (χ1v) is 6.62. The van der Waals surface area contributed by atoms with Crippen molar-refractivity contribution in [3.8, 4) is 5.75 Å². The fourth-order valence-corrected chi connectivity index (χ4v) is 2.61. The Labute approximate surface area is 112 Å². The van der Waals surface area contributed by atoms with E-state index in [1.54, 1.807) is 0 Å². The second kappa shape index (κ2) is 4.92. The SMILES string of the molecule is CC1CC(=O)Cc2c(OCc3ccccc3)ccn21. The quantitative estimate of drug-likeness (QED) is 0.843. The van der Waals surface area contributed by atoms with Gasteiger partial charge in [-0.1, -0.05) is 30.3 Å². The second-order valence-electron chi connectivity index (χ2n) is 5.08. The summed E-state index contributed by atoms with van der Waals surface area (Å²) in [5.74, 6) is 1.13. The van der Waals surface area contributed by atoms with Crippen molar-refractivity contribution in [1.82, 2.24) is 4.57 Å². The maximum atomic E-state index is 11.7. The molecular formula is C16H17NO2. The van der Waals surface area contributed by atoms with Crippen LogP contribution < -0.4 is 4.74 Å². The van der Waals surface area contributed by atoms with E-state index >= 15 is 0 Å². The number of carbonyl (C=O) groups is 1. The lowest BCUT2D eigenvalue weighted by Gasteiger charge is -2.22. The van der Waals surface area contributed by atoms with Crippen molar-refractivity contribution in [2.75, 3.05) is 0 Å². The first-order chi connectivity index (χ1) is 9.24. The number of ether oxygens (including phenoxy) is 1. The van der Waals surface area contributed by atoms with Gasteiger partial charge in [0, 0.05) is 18.7 Å². The highest BCUT2D eigenvalue weighted by Crippen LogP contribution is 2.30. The molecule has 0 bridgehead atoms. The maximum Gasteiger partial charge on any atom is 0.141 e. The second-order valence-corrected chi connectivity index (χ2v) is 5.08. The molecule has 1 aromatic carbocycles. The molecule has 0 radical (unpaired) electrons. The summed E-state index contributed by atoms with van der Waals surface area (Å²) in [5, 5.41) is 0. The smallest absolute Gasteiger partial charge is 0.141 e. The summed E-state index contributed by atoms with van der Waals surface area (Å²) >= 11 is 0. The molecule has 3 nitrogen and oxygen atoms in total. The van der Waals surface area contributed by atoms with Crippen LogP contribution in [0.25, 0.3) is 0 Å². The van der Waals surface area contributed by atoms with E-state index in [0.717, 1.165) is 17.0 Å². The maximum absolute atomic E-state index is 11.7. The molecule has 0 fully saturated rings. The minimum Gasteiger partial charge on any atom is -0.487 e. The van der Waals surface area contributed by atoms with Crippen LogP contribution in [0.4, 0.5) is 0 Å². The van der Waals surface area contributed by atoms with Gasteiger partial charge in [0.05, 0.1) is 12.1 Å². The topological polar surface area (TPSA) is 31.2 Å². The fourth-order valence-electron chi connectivity index (χ4n) is 2.61. The van der Waals surface area contributed by atoms with Crippen LogP contribution in [-0.2, 0) is 17.8 Å². The minimum atomic E-state index is 0.241. The summed E-state index contributed by atoms with van der Waals surface area (Å²) in [5.41, 5.74) is 2.15. The van der Waals surface area contributed by atoms with Crippen molar-refractivity contribution in [2.24, 2.45) is 0 Å². The number of aromatic nitrogens is 1. The lowest BCUT2D eigenvalue weighted by molar-refractivity contribution is -0.120. The first-order valence-electron chi connectivity index (χ1n) is 6.62. The van der Waals surface area contributed by atoms with Gasteiger partial charge in [-0.3, -0.25) is 4.79 Å². The highest BCUT2D eigenvalue weighted by atomic mass is 16.5. The van der Waals surface area contributed by atoms with Crippen molar-refractivity contribution >= 4 is 5.78 Å². The summed E-state index contributed by atoms with van der Waals surface area (Å²) in [6.45, 7) is 2.61. The Bertz CT molecular complexity index is 586. The molecule has 0 amide bonds. The third-order valence-electron chi connectivity index (χ3n) is 3.58. The van der Waals surface area contributed by atoms with Gasteiger partial charge in [0.15, 0.2) is 0 Å². The Morgan fingerprint density at radius 2 is 2.05 bits per heavy atom. The van der Waals surface area contributed by atoms with Gasteiger partial charge in [-0.25, -0.2) is 0 Å². The van der Waals surface area contributed by atoms with E-state index in [-0.39, 0.29) is 6.04 Å². The van der Waals surface area contributed by atoms with Crippen LogP contribution >= 0.6 is 0 Å². The predicted molar refractivity (Wildman–Crippen MR) is 73.2 cm³/mol. The molecule has 1 unspecified atom stereocenters. The van der Waals surface area contributed by atoms with Crippen LogP contribution in [0.3, 0.4) is 0 Å². The Hall–Kier alpha value is -2.03. The van der Waals surface area contributed by atoms with E-state index in [0.29, 0.717) is 25.2 Å². The number of benzene rings is 1. The molecule has 3 rings (SSSR count). The standard InChI is InChI=1S/C16H17NO2/c1-12-9-14(18)10-15-16(7-8-17(12)15)19-11-13-5-3-2-4-6-13/h2-8,12H,9-11H2,1H3. The van der Waals surface area contributed by atoms with E-state index in [9.17, 15) is 4.79 Å². The van der Waals surface area contributed by atoms with E-state index in [1.807, 2.05) is 42.6 Å². The summed E-state index contributed by atoms with van der Waals surface area (Å²) in [7, 11) is 0. The van der Waals surface area contributed by atoms with Crippen LogP contribution in [0.5, 0.6) is 5.75 Å². The van der Waals surface area contributed by atoms with Crippen molar-refractivity contribution < 1.29 is 9.53 Å². The molecule has 0 saturated heterocycles. The Morgan fingerprint density at radius 3 is 2.84 bits per heavy atom. The number of hydrogen-bond acceptors (Lipinski definition) is 2. The summed E-state index contributed by atoms with van der Waals surface area (Å²) < 4.78 is 8.01. The van der Waals surface area contributed by atoms with Crippen LogP contribution in [0.15, 0.2) is 42.6 Å². The Morgan fingerprint density at radius 1 is 1.26 bits per heavy atom. The molecule has 0 spiro atoms.